The molecule has 1 aliphatic heterocycles. The van der Waals surface area contributed by atoms with Crippen LogP contribution in [0, 0.1) is 12.8 Å². The van der Waals surface area contributed by atoms with Gasteiger partial charge < -0.3 is 14.8 Å². The molecular weight excluding hydrogens is 338 g/mol. The molecule has 1 aromatic carbocycles. The molecule has 5 nitrogen and oxygen atoms in total. The number of fused-ring (bicyclic) bond motifs is 1. The predicted molar refractivity (Wildman–Crippen MR) is 106 cm³/mol. The largest absolute Gasteiger partial charge is 0.356 e. The van der Waals surface area contributed by atoms with Gasteiger partial charge in [0.1, 0.15) is 0 Å². The van der Waals surface area contributed by atoms with Crippen LogP contribution in [0.5, 0.6) is 0 Å². The zero-order chi connectivity index (χ0) is 19.4. The first-order chi connectivity index (χ1) is 13.0. The van der Waals surface area contributed by atoms with Crippen molar-refractivity contribution in [1.82, 2.24) is 14.8 Å². The van der Waals surface area contributed by atoms with Crippen molar-refractivity contribution in [2.24, 2.45) is 5.92 Å². The minimum Gasteiger partial charge on any atom is -0.356 e. The molecule has 1 aliphatic rings. The van der Waals surface area contributed by atoms with Crippen LogP contribution in [-0.2, 0) is 16.1 Å². The molecule has 27 heavy (non-hydrogen) atoms. The Morgan fingerprint density at radius 3 is 2.63 bits per heavy atom. The summed E-state index contributed by atoms with van der Waals surface area (Å²) < 4.78 is 2.22. The Hall–Kier alpha value is -2.56. The number of nitrogens with zero attached hydrogens (tertiary/aromatic N) is 2. The van der Waals surface area contributed by atoms with Crippen LogP contribution >= 0.6 is 0 Å². The van der Waals surface area contributed by atoms with Gasteiger partial charge in [-0.05, 0) is 36.1 Å². The number of nitrogens with one attached hydrogen (secondary N) is 1. The topological polar surface area (TPSA) is 54.3 Å². The van der Waals surface area contributed by atoms with E-state index in [1.54, 1.807) is 0 Å². The molecular formula is C22H29N3O2. The van der Waals surface area contributed by atoms with E-state index in [-0.39, 0.29) is 30.7 Å². The van der Waals surface area contributed by atoms with Crippen LogP contribution in [0.15, 0.2) is 42.6 Å². The Kier molecular flexibility index (Phi) is 5.99. The highest BCUT2D eigenvalue weighted by atomic mass is 16.2. The van der Waals surface area contributed by atoms with Crippen molar-refractivity contribution in [2.75, 3.05) is 13.1 Å². The molecule has 1 aromatic heterocycles. The number of aromatic nitrogens is 1. The van der Waals surface area contributed by atoms with Crippen molar-refractivity contribution >= 4 is 11.8 Å². The third-order valence-electron chi connectivity index (χ3n) is 5.12. The van der Waals surface area contributed by atoms with Crippen molar-refractivity contribution in [3.05, 3.63) is 59.4 Å². The van der Waals surface area contributed by atoms with Crippen molar-refractivity contribution in [3.8, 4) is 0 Å². The van der Waals surface area contributed by atoms with Gasteiger partial charge in [0, 0.05) is 44.4 Å². The lowest BCUT2D eigenvalue weighted by molar-refractivity contribution is -0.136. The first-order valence-corrected chi connectivity index (χ1v) is 9.74. The lowest BCUT2D eigenvalue weighted by atomic mass is 9.95. The Labute approximate surface area is 161 Å². The maximum Gasteiger partial charge on any atom is 0.223 e. The maximum atomic E-state index is 13.0. The van der Waals surface area contributed by atoms with Gasteiger partial charge in [-0.25, -0.2) is 0 Å². The number of benzene rings is 1. The first-order valence-electron chi connectivity index (χ1n) is 9.74. The summed E-state index contributed by atoms with van der Waals surface area (Å²) in [6.07, 6.45) is 2.55. The van der Waals surface area contributed by atoms with Gasteiger partial charge in [-0.15, -0.1) is 0 Å². The van der Waals surface area contributed by atoms with Gasteiger partial charge in [0.15, 0.2) is 0 Å². The number of hydrogen-bond donors (Lipinski definition) is 1. The van der Waals surface area contributed by atoms with E-state index in [9.17, 15) is 9.59 Å². The number of hydrogen-bond acceptors (Lipinski definition) is 2. The average molecular weight is 367 g/mol. The Balaban J connectivity index is 1.76. The van der Waals surface area contributed by atoms with Gasteiger partial charge >= 0.3 is 0 Å². The normalized spacial score (nSPS) is 16.3. The molecule has 5 heteroatoms. The van der Waals surface area contributed by atoms with Crippen LogP contribution in [-0.4, -0.2) is 34.4 Å². The van der Waals surface area contributed by atoms with Gasteiger partial charge in [0.25, 0.3) is 0 Å². The number of rotatable bonds is 6. The minimum absolute atomic E-state index is 0.0374. The summed E-state index contributed by atoms with van der Waals surface area (Å²) in [6, 6.07) is 12.2. The molecule has 0 saturated heterocycles. The summed E-state index contributed by atoms with van der Waals surface area (Å²) in [7, 11) is 0. The summed E-state index contributed by atoms with van der Waals surface area (Å²) in [5.74, 6) is 0.394. The molecule has 0 spiro atoms. The highest BCUT2D eigenvalue weighted by Gasteiger charge is 2.32. The molecule has 0 radical (unpaired) electrons. The predicted octanol–water partition coefficient (Wildman–Crippen LogP) is 3.28. The fourth-order valence-corrected chi connectivity index (χ4v) is 3.64. The van der Waals surface area contributed by atoms with Crippen LogP contribution < -0.4 is 5.32 Å². The number of carbonyl (C=O) groups excluding carboxylic acids is 2. The second kappa shape index (κ2) is 8.42. The van der Waals surface area contributed by atoms with E-state index in [1.165, 1.54) is 5.56 Å². The second-order valence-corrected chi connectivity index (χ2v) is 7.67. The minimum atomic E-state index is -0.0961. The number of amides is 2. The molecule has 3 rings (SSSR count). The van der Waals surface area contributed by atoms with Gasteiger partial charge in [-0.1, -0.05) is 38.1 Å². The zero-order valence-electron chi connectivity index (χ0n) is 16.4. The molecule has 0 aliphatic carbocycles. The SMILES string of the molecule is Cc1ccccc1C1c2cccn2CCN1C(=O)CCC(=O)NCC(C)C. The van der Waals surface area contributed by atoms with E-state index >= 15 is 0 Å². The lowest BCUT2D eigenvalue weighted by Crippen LogP contribution is -2.43. The Morgan fingerprint density at radius 1 is 1.11 bits per heavy atom. The van der Waals surface area contributed by atoms with E-state index in [0.717, 1.165) is 17.8 Å². The van der Waals surface area contributed by atoms with Crippen LogP contribution in [0.3, 0.4) is 0 Å². The van der Waals surface area contributed by atoms with Crippen molar-refractivity contribution in [1.29, 1.82) is 0 Å². The van der Waals surface area contributed by atoms with E-state index in [1.807, 2.05) is 23.1 Å². The fourth-order valence-electron chi connectivity index (χ4n) is 3.64. The Morgan fingerprint density at radius 2 is 1.89 bits per heavy atom. The smallest absolute Gasteiger partial charge is 0.223 e. The Bertz CT molecular complexity index is 809. The third kappa shape index (κ3) is 4.41. The molecule has 2 heterocycles. The molecule has 0 bridgehead atoms. The number of carbonyl (C=O) groups is 2. The highest BCUT2D eigenvalue weighted by Crippen LogP contribution is 2.34. The summed E-state index contributed by atoms with van der Waals surface area (Å²) in [6.45, 7) is 8.29. The van der Waals surface area contributed by atoms with Crippen LogP contribution in [0.1, 0.15) is 49.6 Å². The molecule has 2 amide bonds. The van der Waals surface area contributed by atoms with E-state index in [4.69, 9.17) is 0 Å². The van der Waals surface area contributed by atoms with Gasteiger partial charge in [-0.3, -0.25) is 9.59 Å². The van der Waals surface area contributed by atoms with Crippen LogP contribution in [0.25, 0.3) is 0 Å². The summed E-state index contributed by atoms with van der Waals surface area (Å²) in [4.78, 5) is 27.0. The van der Waals surface area contributed by atoms with Crippen molar-refractivity contribution in [2.45, 2.75) is 46.2 Å². The maximum absolute atomic E-state index is 13.0. The van der Waals surface area contributed by atoms with E-state index in [0.29, 0.717) is 19.0 Å². The molecule has 1 unspecified atom stereocenters. The lowest BCUT2D eigenvalue weighted by Gasteiger charge is -2.38. The highest BCUT2D eigenvalue weighted by molar-refractivity contribution is 5.84. The van der Waals surface area contributed by atoms with Gasteiger partial charge in [0.2, 0.25) is 11.8 Å². The molecule has 0 saturated carbocycles. The van der Waals surface area contributed by atoms with Crippen molar-refractivity contribution < 1.29 is 9.59 Å². The van der Waals surface area contributed by atoms with E-state index in [2.05, 4.69) is 55.1 Å². The third-order valence-corrected chi connectivity index (χ3v) is 5.12. The number of aryl methyl sites for hydroxylation is 1. The summed E-state index contributed by atoms with van der Waals surface area (Å²) >= 11 is 0. The molecule has 0 fully saturated rings. The second-order valence-electron chi connectivity index (χ2n) is 7.67. The molecule has 2 aromatic rings. The summed E-state index contributed by atoms with van der Waals surface area (Å²) in [5, 5.41) is 2.89. The van der Waals surface area contributed by atoms with Crippen LogP contribution in [0.2, 0.25) is 0 Å². The average Bonchev–Trinajstić information content (AvgIpc) is 3.13. The van der Waals surface area contributed by atoms with E-state index < -0.39 is 0 Å². The van der Waals surface area contributed by atoms with Crippen molar-refractivity contribution in [3.63, 3.8) is 0 Å². The molecule has 1 N–H and O–H groups in total. The quantitative estimate of drug-likeness (QED) is 0.852. The van der Waals surface area contributed by atoms with Crippen LogP contribution in [0.4, 0.5) is 0 Å². The molecule has 1 atom stereocenters. The van der Waals surface area contributed by atoms with Gasteiger partial charge in [-0.2, -0.15) is 0 Å². The monoisotopic (exact) mass is 367 g/mol. The summed E-state index contributed by atoms with van der Waals surface area (Å²) in [5.41, 5.74) is 3.45. The standard InChI is InChI=1S/C22H29N3O2/c1-16(2)15-23-20(26)10-11-21(27)25-14-13-24-12-6-9-19(24)22(25)18-8-5-4-7-17(18)3/h4-9,12,16,22H,10-11,13-15H2,1-3H3,(H,23,26). The van der Waals surface area contributed by atoms with Gasteiger partial charge in [0.05, 0.1) is 6.04 Å². The first kappa shape index (κ1) is 19.2. The fraction of sp³-hybridized carbons (Fsp3) is 0.455. The molecule has 144 valence electrons. The zero-order valence-corrected chi connectivity index (χ0v) is 16.4.